The van der Waals surface area contributed by atoms with Gasteiger partial charge in [0, 0.05) is 31.1 Å². The highest BCUT2D eigenvalue weighted by atomic mass is 32.2. The Morgan fingerprint density at radius 1 is 1.23 bits per heavy atom. The van der Waals surface area contributed by atoms with Gasteiger partial charge in [0.15, 0.2) is 9.84 Å². The van der Waals surface area contributed by atoms with Crippen molar-refractivity contribution >= 4 is 15.7 Å². The summed E-state index contributed by atoms with van der Waals surface area (Å²) in [7, 11) is -3.13. The summed E-state index contributed by atoms with van der Waals surface area (Å²) >= 11 is 0. The second kappa shape index (κ2) is 6.60. The van der Waals surface area contributed by atoms with Gasteiger partial charge in [0.2, 0.25) is 5.91 Å². The summed E-state index contributed by atoms with van der Waals surface area (Å²) < 4.78 is 26.7. The summed E-state index contributed by atoms with van der Waals surface area (Å²) in [6, 6.07) is -0.114. The van der Waals surface area contributed by atoms with E-state index >= 15 is 0 Å². The highest BCUT2D eigenvalue weighted by Gasteiger charge is 2.49. The van der Waals surface area contributed by atoms with Crippen molar-refractivity contribution in [3.05, 3.63) is 12.2 Å². The normalized spacial score (nSPS) is 29.0. The summed E-state index contributed by atoms with van der Waals surface area (Å²) in [6.07, 6.45) is 4.72. The van der Waals surface area contributed by atoms with Crippen LogP contribution in [0.4, 0.5) is 0 Å². The fourth-order valence-corrected chi connectivity index (χ4v) is 6.39. The molecule has 3 heterocycles. The number of aromatic nitrogens is 3. The van der Waals surface area contributed by atoms with Gasteiger partial charge in [-0.05, 0) is 26.7 Å². The Bertz CT molecular complexity index is 786. The maximum absolute atomic E-state index is 12.8. The fourth-order valence-electron chi connectivity index (χ4n) is 4.38. The molecule has 0 radical (unpaired) electrons. The molecule has 2 atom stereocenters. The molecule has 144 valence electrons. The van der Waals surface area contributed by atoms with E-state index in [4.69, 9.17) is 0 Å². The Labute approximate surface area is 154 Å². The van der Waals surface area contributed by atoms with Crippen LogP contribution in [0, 0.1) is 5.92 Å². The second-order valence-corrected chi connectivity index (χ2v) is 10.2. The van der Waals surface area contributed by atoms with Crippen LogP contribution in [0.2, 0.25) is 0 Å². The quantitative estimate of drug-likeness (QED) is 0.753. The summed E-state index contributed by atoms with van der Waals surface area (Å²) in [5.41, 5.74) is 0. The number of sulfone groups is 1. The molecule has 3 fully saturated rings. The van der Waals surface area contributed by atoms with E-state index in [-0.39, 0.29) is 41.5 Å². The number of carbonyl (C=O) groups is 1. The Balaban J connectivity index is 1.55. The first-order valence-electron chi connectivity index (χ1n) is 9.49. The van der Waals surface area contributed by atoms with E-state index in [0.29, 0.717) is 19.6 Å². The summed E-state index contributed by atoms with van der Waals surface area (Å²) in [6.45, 7) is 6.00. The number of carbonyl (C=O) groups excluding carboxylic acids is 1. The van der Waals surface area contributed by atoms with Crippen LogP contribution in [0.15, 0.2) is 6.33 Å². The van der Waals surface area contributed by atoms with Crippen molar-refractivity contribution in [2.45, 2.75) is 57.8 Å². The molecule has 2 saturated heterocycles. The smallest absolute Gasteiger partial charge is 0.226 e. The van der Waals surface area contributed by atoms with E-state index < -0.39 is 9.84 Å². The molecule has 0 N–H and O–H groups in total. The molecule has 1 aliphatic carbocycles. The van der Waals surface area contributed by atoms with Crippen molar-refractivity contribution in [2.24, 2.45) is 5.92 Å². The molecule has 8 nitrogen and oxygen atoms in total. The molecule has 0 spiro atoms. The van der Waals surface area contributed by atoms with Gasteiger partial charge < -0.3 is 9.47 Å². The van der Waals surface area contributed by atoms with E-state index in [1.807, 2.05) is 9.47 Å². The molecule has 1 saturated carbocycles. The Kier molecular flexibility index (Phi) is 4.54. The number of nitrogens with zero attached hydrogens (tertiary/aromatic N) is 5. The second-order valence-electron chi connectivity index (χ2n) is 8.09. The Hall–Kier alpha value is -1.48. The third-order valence-electron chi connectivity index (χ3n) is 6.08. The minimum atomic E-state index is -3.13. The lowest BCUT2D eigenvalue weighted by atomic mass is 9.83. The zero-order chi connectivity index (χ0) is 18.5. The SMILES string of the molecule is CC(C)n1cnnc1CN1CCN(C(=O)C2CCC2)[C@@H]2CS(=O)(=O)C[C@@H]21. The molecule has 3 aliphatic rings. The van der Waals surface area contributed by atoms with Gasteiger partial charge in [0.1, 0.15) is 12.2 Å². The maximum Gasteiger partial charge on any atom is 0.226 e. The van der Waals surface area contributed by atoms with Crippen molar-refractivity contribution in [2.75, 3.05) is 24.6 Å². The van der Waals surface area contributed by atoms with Crippen LogP contribution in [0.1, 0.15) is 45.0 Å². The topological polar surface area (TPSA) is 88.4 Å². The standard InChI is InChI=1S/C17H27N5O3S/c1-12(2)22-11-18-19-16(22)8-20-6-7-21(17(23)13-4-3-5-13)15-10-26(24,25)9-14(15)20/h11-15H,3-10H2,1-2H3/t14-,15+/m0/s1. The third kappa shape index (κ3) is 3.15. The molecular formula is C17H27N5O3S. The van der Waals surface area contributed by atoms with Crippen LogP contribution in [-0.2, 0) is 21.2 Å². The maximum atomic E-state index is 12.8. The van der Waals surface area contributed by atoms with E-state index in [1.165, 1.54) is 0 Å². The van der Waals surface area contributed by atoms with Gasteiger partial charge in [-0.15, -0.1) is 10.2 Å². The number of rotatable bonds is 4. The summed E-state index contributed by atoms with van der Waals surface area (Å²) in [5.74, 6) is 1.33. The Morgan fingerprint density at radius 3 is 2.62 bits per heavy atom. The van der Waals surface area contributed by atoms with Crippen molar-refractivity contribution in [1.29, 1.82) is 0 Å². The molecule has 2 aliphatic heterocycles. The molecule has 26 heavy (non-hydrogen) atoms. The van der Waals surface area contributed by atoms with Crippen molar-refractivity contribution < 1.29 is 13.2 Å². The molecule has 0 unspecified atom stereocenters. The predicted molar refractivity (Wildman–Crippen MR) is 96.1 cm³/mol. The van der Waals surface area contributed by atoms with Crippen LogP contribution < -0.4 is 0 Å². The average molecular weight is 382 g/mol. The van der Waals surface area contributed by atoms with Crippen LogP contribution in [0.5, 0.6) is 0 Å². The zero-order valence-corrected chi connectivity index (χ0v) is 16.2. The molecule has 1 amide bonds. The summed E-state index contributed by atoms with van der Waals surface area (Å²) in [5, 5.41) is 8.24. The van der Waals surface area contributed by atoms with Gasteiger partial charge in [0.25, 0.3) is 0 Å². The monoisotopic (exact) mass is 381 g/mol. The van der Waals surface area contributed by atoms with Gasteiger partial charge in [0.05, 0.1) is 24.1 Å². The first-order chi connectivity index (χ1) is 12.4. The predicted octanol–water partition coefficient (Wildman–Crippen LogP) is 0.469. The molecule has 0 bridgehead atoms. The molecule has 1 aromatic heterocycles. The first kappa shape index (κ1) is 17.9. The number of hydrogen-bond donors (Lipinski definition) is 0. The largest absolute Gasteiger partial charge is 0.336 e. The van der Waals surface area contributed by atoms with E-state index in [2.05, 4.69) is 28.9 Å². The van der Waals surface area contributed by atoms with Crippen LogP contribution in [-0.4, -0.2) is 75.6 Å². The number of piperazine rings is 1. The van der Waals surface area contributed by atoms with Gasteiger partial charge in [-0.2, -0.15) is 0 Å². The van der Waals surface area contributed by atoms with Crippen molar-refractivity contribution in [1.82, 2.24) is 24.6 Å². The van der Waals surface area contributed by atoms with Gasteiger partial charge >= 0.3 is 0 Å². The zero-order valence-electron chi connectivity index (χ0n) is 15.4. The lowest BCUT2D eigenvalue weighted by molar-refractivity contribution is -0.144. The van der Waals surface area contributed by atoms with Crippen molar-refractivity contribution in [3.8, 4) is 0 Å². The minimum Gasteiger partial charge on any atom is -0.336 e. The molecular weight excluding hydrogens is 354 g/mol. The van der Waals surface area contributed by atoms with Crippen LogP contribution in [0.3, 0.4) is 0 Å². The van der Waals surface area contributed by atoms with E-state index in [9.17, 15) is 13.2 Å². The van der Waals surface area contributed by atoms with Gasteiger partial charge in [-0.3, -0.25) is 9.69 Å². The fraction of sp³-hybridized carbons (Fsp3) is 0.824. The minimum absolute atomic E-state index is 0.0868. The number of hydrogen-bond acceptors (Lipinski definition) is 6. The lowest BCUT2D eigenvalue weighted by Crippen LogP contribution is -2.61. The number of fused-ring (bicyclic) bond motifs is 1. The highest BCUT2D eigenvalue weighted by molar-refractivity contribution is 7.91. The van der Waals surface area contributed by atoms with Gasteiger partial charge in [-0.1, -0.05) is 6.42 Å². The van der Waals surface area contributed by atoms with E-state index in [0.717, 1.165) is 25.1 Å². The molecule has 4 rings (SSSR count). The van der Waals surface area contributed by atoms with Crippen LogP contribution in [0.25, 0.3) is 0 Å². The molecule has 0 aromatic carbocycles. The van der Waals surface area contributed by atoms with Crippen LogP contribution >= 0.6 is 0 Å². The van der Waals surface area contributed by atoms with Crippen molar-refractivity contribution in [3.63, 3.8) is 0 Å². The molecule has 1 aromatic rings. The third-order valence-corrected chi connectivity index (χ3v) is 7.78. The lowest BCUT2D eigenvalue weighted by Gasteiger charge is -2.45. The average Bonchev–Trinajstić information content (AvgIpc) is 3.08. The van der Waals surface area contributed by atoms with Gasteiger partial charge in [-0.25, -0.2) is 8.42 Å². The Morgan fingerprint density at radius 2 is 1.96 bits per heavy atom. The highest BCUT2D eigenvalue weighted by Crippen LogP contribution is 2.33. The van der Waals surface area contributed by atoms with E-state index in [1.54, 1.807) is 6.33 Å². The summed E-state index contributed by atoms with van der Waals surface area (Å²) in [4.78, 5) is 16.8. The number of amides is 1. The molecule has 9 heteroatoms. The first-order valence-corrected chi connectivity index (χ1v) is 11.3.